The average molecular weight is 374 g/mol. The predicted molar refractivity (Wildman–Crippen MR) is 102 cm³/mol. The molecule has 5 N–H and O–H groups in total. The van der Waals surface area contributed by atoms with Crippen molar-refractivity contribution < 1.29 is 24.5 Å². The van der Waals surface area contributed by atoms with Gasteiger partial charge in [0.1, 0.15) is 6.04 Å². The van der Waals surface area contributed by atoms with Crippen molar-refractivity contribution in [2.75, 3.05) is 13.7 Å². The zero-order valence-electron chi connectivity index (χ0n) is 15.7. The first-order valence-corrected chi connectivity index (χ1v) is 8.42. The minimum atomic E-state index is -0.982. The highest BCUT2D eigenvalue weighted by atomic mass is 16.5. The fourth-order valence-electron chi connectivity index (χ4n) is 2.07. The van der Waals surface area contributed by atoms with Gasteiger partial charge in [-0.1, -0.05) is 17.9 Å². The number of benzene rings is 1. The number of carbonyl (C=O) groups is 2. The molecule has 1 aromatic rings. The first kappa shape index (κ1) is 22.4. The molecule has 0 spiro atoms. The number of nitrogens with one attached hydrogen (secondary N) is 1. The van der Waals surface area contributed by atoms with Gasteiger partial charge in [0.25, 0.3) is 5.91 Å². The Kier molecular flexibility index (Phi) is 8.69. The maximum Gasteiger partial charge on any atom is 0.330 e. The minimum absolute atomic E-state index is 0.292. The average Bonchev–Trinajstić information content (AvgIpc) is 2.64. The van der Waals surface area contributed by atoms with E-state index in [1.165, 1.54) is 7.11 Å². The molecule has 1 unspecified atom stereocenters. The Morgan fingerprint density at radius 2 is 1.96 bits per heavy atom. The summed E-state index contributed by atoms with van der Waals surface area (Å²) in [5.74, 6) is 4.63. The van der Waals surface area contributed by atoms with Crippen LogP contribution in [0.2, 0.25) is 0 Å². The summed E-state index contributed by atoms with van der Waals surface area (Å²) in [5, 5.41) is 20.5. The molecule has 1 rings (SSSR count). The normalized spacial score (nSPS) is 13.4. The lowest BCUT2D eigenvalue weighted by Crippen LogP contribution is -2.59. The lowest BCUT2D eigenvalue weighted by atomic mass is 9.95. The van der Waals surface area contributed by atoms with E-state index in [1.54, 1.807) is 50.3 Å². The van der Waals surface area contributed by atoms with E-state index in [9.17, 15) is 14.7 Å². The van der Waals surface area contributed by atoms with Gasteiger partial charge in [-0.3, -0.25) is 4.79 Å². The molecule has 0 heterocycles. The van der Waals surface area contributed by atoms with Crippen LogP contribution in [0.1, 0.15) is 36.2 Å². The second-order valence-corrected chi connectivity index (χ2v) is 6.57. The van der Waals surface area contributed by atoms with Gasteiger partial charge in [0, 0.05) is 16.7 Å². The van der Waals surface area contributed by atoms with E-state index >= 15 is 0 Å². The maximum absolute atomic E-state index is 12.4. The van der Waals surface area contributed by atoms with Gasteiger partial charge in [-0.05, 0) is 50.6 Å². The SMILES string of the molecule is COC(=O)[C@@H](NC(=O)c1ccc(C#CC=CCC(O)CO)cc1)C(C)(C)N. The summed E-state index contributed by atoms with van der Waals surface area (Å²) in [7, 11) is 1.24. The van der Waals surface area contributed by atoms with Crippen LogP contribution in [-0.4, -0.2) is 53.5 Å². The molecule has 0 aromatic heterocycles. The molecule has 27 heavy (non-hydrogen) atoms. The third-order valence-corrected chi connectivity index (χ3v) is 3.64. The van der Waals surface area contributed by atoms with Gasteiger partial charge in [0.05, 0.1) is 19.8 Å². The van der Waals surface area contributed by atoms with Crippen LogP contribution in [0, 0.1) is 11.8 Å². The number of esters is 1. The van der Waals surface area contributed by atoms with Crippen LogP contribution < -0.4 is 11.1 Å². The third kappa shape index (κ3) is 7.62. The van der Waals surface area contributed by atoms with E-state index < -0.39 is 29.6 Å². The van der Waals surface area contributed by atoms with E-state index in [2.05, 4.69) is 17.2 Å². The van der Waals surface area contributed by atoms with Crippen molar-refractivity contribution in [3.05, 3.63) is 47.5 Å². The van der Waals surface area contributed by atoms with E-state index in [-0.39, 0.29) is 6.61 Å². The highest BCUT2D eigenvalue weighted by molar-refractivity contribution is 5.97. The molecule has 146 valence electrons. The lowest BCUT2D eigenvalue weighted by molar-refractivity contribution is -0.144. The highest BCUT2D eigenvalue weighted by Gasteiger charge is 2.34. The Labute approximate surface area is 159 Å². The number of aliphatic hydroxyl groups is 2. The van der Waals surface area contributed by atoms with Gasteiger partial charge >= 0.3 is 5.97 Å². The zero-order valence-corrected chi connectivity index (χ0v) is 15.7. The number of amides is 1. The zero-order chi connectivity index (χ0) is 20.4. The number of aliphatic hydroxyl groups excluding tert-OH is 2. The first-order valence-electron chi connectivity index (χ1n) is 8.42. The Morgan fingerprint density at radius 1 is 1.33 bits per heavy atom. The van der Waals surface area contributed by atoms with Crippen LogP contribution >= 0.6 is 0 Å². The molecule has 1 aromatic carbocycles. The highest BCUT2D eigenvalue weighted by Crippen LogP contribution is 2.10. The molecule has 7 nitrogen and oxygen atoms in total. The van der Waals surface area contributed by atoms with Gasteiger partial charge in [-0.2, -0.15) is 0 Å². The second-order valence-electron chi connectivity index (χ2n) is 6.57. The summed E-state index contributed by atoms with van der Waals surface area (Å²) in [6, 6.07) is 5.57. The monoisotopic (exact) mass is 374 g/mol. The number of allylic oxidation sites excluding steroid dienone is 1. The maximum atomic E-state index is 12.4. The summed E-state index contributed by atoms with van der Waals surface area (Å²) in [6.07, 6.45) is 2.79. The summed E-state index contributed by atoms with van der Waals surface area (Å²) in [6.45, 7) is 2.96. The van der Waals surface area contributed by atoms with E-state index in [4.69, 9.17) is 15.6 Å². The summed E-state index contributed by atoms with van der Waals surface area (Å²) in [5.41, 5.74) is 6.02. The van der Waals surface area contributed by atoms with Crippen LogP contribution in [0.25, 0.3) is 0 Å². The molecule has 0 radical (unpaired) electrons. The molecule has 0 aliphatic rings. The number of hydrogen-bond donors (Lipinski definition) is 4. The van der Waals surface area contributed by atoms with Gasteiger partial charge < -0.3 is 26.0 Å². The topological polar surface area (TPSA) is 122 Å². The van der Waals surface area contributed by atoms with Gasteiger partial charge in [-0.15, -0.1) is 0 Å². The standard InChI is InChI=1S/C20H26N2O5/c1-20(2,21)17(19(26)27-3)22-18(25)15-11-9-14(10-12-15)7-5-4-6-8-16(24)13-23/h4,6,9-12,16-17,23-24H,8,13,21H2,1-3H3,(H,22,25)/t16?,17-/m1/s1. The van der Waals surface area contributed by atoms with Gasteiger partial charge in [0.2, 0.25) is 0 Å². The third-order valence-electron chi connectivity index (χ3n) is 3.64. The second kappa shape index (κ2) is 10.5. The minimum Gasteiger partial charge on any atom is -0.467 e. The van der Waals surface area contributed by atoms with Crippen LogP contribution in [0.3, 0.4) is 0 Å². The molecule has 2 atom stereocenters. The predicted octanol–water partition coefficient (Wildman–Crippen LogP) is 0.346. The van der Waals surface area contributed by atoms with Crippen molar-refractivity contribution in [2.45, 2.75) is 38.0 Å². The van der Waals surface area contributed by atoms with Crippen LogP contribution in [0.15, 0.2) is 36.4 Å². The number of hydrogen-bond acceptors (Lipinski definition) is 6. The molecule has 7 heteroatoms. The quantitative estimate of drug-likeness (QED) is 0.403. The molecular formula is C20H26N2O5. The summed E-state index contributed by atoms with van der Waals surface area (Å²) >= 11 is 0. The van der Waals surface area contributed by atoms with Crippen LogP contribution in [0.4, 0.5) is 0 Å². The molecule has 0 fully saturated rings. The molecular weight excluding hydrogens is 348 g/mol. The first-order chi connectivity index (χ1) is 12.7. The molecule has 0 aliphatic carbocycles. The summed E-state index contributed by atoms with van der Waals surface area (Å²) < 4.78 is 4.69. The van der Waals surface area contributed by atoms with Gasteiger partial charge in [0.15, 0.2) is 0 Å². The number of rotatable bonds is 7. The van der Waals surface area contributed by atoms with E-state index in [1.807, 2.05) is 0 Å². The Balaban J connectivity index is 2.75. The number of ether oxygens (including phenoxy) is 1. The fraction of sp³-hybridized carbons (Fsp3) is 0.400. The van der Waals surface area contributed by atoms with Crippen molar-refractivity contribution in [3.63, 3.8) is 0 Å². The van der Waals surface area contributed by atoms with E-state index in [0.29, 0.717) is 17.5 Å². The molecule has 0 saturated heterocycles. The lowest BCUT2D eigenvalue weighted by Gasteiger charge is -2.28. The molecule has 0 aliphatic heterocycles. The number of carbonyl (C=O) groups excluding carboxylic acids is 2. The van der Waals surface area contributed by atoms with Crippen molar-refractivity contribution in [3.8, 4) is 11.8 Å². The number of methoxy groups -OCH3 is 1. The molecule has 1 amide bonds. The van der Waals surface area contributed by atoms with Crippen LogP contribution in [0.5, 0.6) is 0 Å². The largest absolute Gasteiger partial charge is 0.467 e. The van der Waals surface area contributed by atoms with Crippen molar-refractivity contribution >= 4 is 11.9 Å². The van der Waals surface area contributed by atoms with Gasteiger partial charge in [-0.25, -0.2) is 4.79 Å². The molecule has 0 bridgehead atoms. The number of nitrogens with two attached hydrogens (primary N) is 1. The van der Waals surface area contributed by atoms with Crippen LogP contribution in [-0.2, 0) is 9.53 Å². The van der Waals surface area contributed by atoms with Crippen molar-refractivity contribution in [1.82, 2.24) is 5.32 Å². The smallest absolute Gasteiger partial charge is 0.330 e. The Morgan fingerprint density at radius 3 is 2.48 bits per heavy atom. The fourth-order valence-corrected chi connectivity index (χ4v) is 2.07. The molecule has 0 saturated carbocycles. The Bertz CT molecular complexity index is 723. The van der Waals surface area contributed by atoms with Crippen molar-refractivity contribution in [1.29, 1.82) is 0 Å². The van der Waals surface area contributed by atoms with Crippen molar-refractivity contribution in [2.24, 2.45) is 5.73 Å². The van der Waals surface area contributed by atoms with E-state index in [0.717, 1.165) is 0 Å². The Hall–Kier alpha value is -2.66. The summed E-state index contributed by atoms with van der Waals surface area (Å²) in [4.78, 5) is 24.2.